The lowest BCUT2D eigenvalue weighted by Crippen LogP contribution is -1.99. The van der Waals surface area contributed by atoms with Crippen molar-refractivity contribution in [2.45, 2.75) is 0 Å². The van der Waals surface area contributed by atoms with E-state index in [9.17, 15) is 0 Å². The molecule has 0 aliphatic heterocycles. The molecule has 12 heavy (non-hydrogen) atoms. The second-order valence-corrected chi connectivity index (χ2v) is 2.93. The van der Waals surface area contributed by atoms with Crippen LogP contribution in [0.4, 0.5) is 11.4 Å². The number of aromatic nitrogens is 1. The molecule has 1 rings (SSSR count). The molecule has 0 radical (unpaired) electrons. The van der Waals surface area contributed by atoms with Crippen molar-refractivity contribution < 1.29 is 0 Å². The number of halogens is 1. The van der Waals surface area contributed by atoms with Gasteiger partial charge in [-0.2, -0.15) is 0 Å². The Balaban J connectivity index is 3.35. The van der Waals surface area contributed by atoms with Gasteiger partial charge in [-0.05, 0) is 22.0 Å². The quantitative estimate of drug-likeness (QED) is 0.566. The smallest absolute Gasteiger partial charge is 0.131 e. The second kappa shape index (κ2) is 3.43. The number of hydrogen-bond acceptors (Lipinski definition) is 3. The maximum absolute atomic E-state index is 5.68. The highest BCUT2D eigenvalue weighted by molar-refractivity contribution is 9.10. The summed E-state index contributed by atoms with van der Waals surface area (Å²) >= 11 is 3.17. The third kappa shape index (κ3) is 1.49. The number of nitrogens with two attached hydrogens (primary N) is 2. The maximum atomic E-state index is 5.68. The van der Waals surface area contributed by atoms with Crippen molar-refractivity contribution in [3.63, 3.8) is 0 Å². The molecule has 1 heterocycles. The summed E-state index contributed by atoms with van der Waals surface area (Å²) in [5, 5.41) is 0. The van der Waals surface area contributed by atoms with Crippen LogP contribution >= 0.6 is 15.9 Å². The maximum Gasteiger partial charge on any atom is 0.131 e. The summed E-state index contributed by atoms with van der Waals surface area (Å²) in [7, 11) is 0. The molecule has 62 valence electrons. The summed E-state index contributed by atoms with van der Waals surface area (Å²) in [6.07, 6.45) is 3.24. The molecule has 0 atom stereocenters. The van der Waals surface area contributed by atoms with E-state index in [0.717, 1.165) is 5.56 Å². The van der Waals surface area contributed by atoms with E-state index in [2.05, 4.69) is 33.2 Å². The molecule has 0 saturated carbocycles. The van der Waals surface area contributed by atoms with Crippen molar-refractivity contribution in [2.75, 3.05) is 11.5 Å². The Hall–Kier alpha value is -1.25. The van der Waals surface area contributed by atoms with Crippen LogP contribution in [0.5, 0.6) is 0 Å². The summed E-state index contributed by atoms with van der Waals surface area (Å²) < 4.78 is 0.557. The molecule has 4 N–H and O–H groups in total. The Kier molecular flexibility index (Phi) is 2.53. The zero-order chi connectivity index (χ0) is 9.14. The van der Waals surface area contributed by atoms with Gasteiger partial charge in [0, 0.05) is 11.8 Å². The zero-order valence-corrected chi connectivity index (χ0v) is 7.93. The Labute approximate surface area is 78.9 Å². The number of hydrogen-bond donors (Lipinski definition) is 2. The summed E-state index contributed by atoms with van der Waals surface area (Å²) in [4.78, 5) is 3.97. The third-order valence-electron chi connectivity index (χ3n) is 1.40. The van der Waals surface area contributed by atoms with Crippen LogP contribution in [-0.2, 0) is 0 Å². The van der Waals surface area contributed by atoms with Crippen molar-refractivity contribution in [3.8, 4) is 0 Å². The topological polar surface area (TPSA) is 64.9 Å². The van der Waals surface area contributed by atoms with E-state index < -0.39 is 0 Å². The van der Waals surface area contributed by atoms with Gasteiger partial charge in [-0.15, -0.1) is 5.73 Å². The first-order valence-electron chi connectivity index (χ1n) is 3.22. The third-order valence-corrected chi connectivity index (χ3v) is 2.03. The first-order chi connectivity index (χ1) is 5.66. The Bertz CT molecular complexity index is 354. The van der Waals surface area contributed by atoms with Crippen LogP contribution in [0.1, 0.15) is 5.56 Å². The van der Waals surface area contributed by atoms with E-state index in [1.807, 2.05) is 0 Å². The molecule has 0 aliphatic rings. The van der Waals surface area contributed by atoms with Crippen molar-refractivity contribution in [1.29, 1.82) is 0 Å². The Morgan fingerprint density at radius 2 is 2.17 bits per heavy atom. The van der Waals surface area contributed by atoms with Crippen molar-refractivity contribution in [1.82, 2.24) is 4.98 Å². The molecule has 0 unspecified atom stereocenters. The first kappa shape index (κ1) is 8.84. The van der Waals surface area contributed by atoms with Crippen LogP contribution in [0, 0.1) is 0 Å². The van der Waals surface area contributed by atoms with E-state index in [-0.39, 0.29) is 0 Å². The van der Waals surface area contributed by atoms with Gasteiger partial charge in [0.2, 0.25) is 0 Å². The molecule has 0 aromatic carbocycles. The fraction of sp³-hybridized carbons (Fsp3) is 0. The fourth-order valence-electron chi connectivity index (χ4n) is 0.757. The number of pyridine rings is 1. The number of nitrogens with zero attached hydrogens (tertiary/aromatic N) is 1. The highest BCUT2D eigenvalue weighted by atomic mass is 79.9. The van der Waals surface area contributed by atoms with Crippen LogP contribution in [0.25, 0.3) is 6.08 Å². The lowest BCUT2D eigenvalue weighted by Gasteiger charge is -2.03. The van der Waals surface area contributed by atoms with Gasteiger partial charge in [0.25, 0.3) is 0 Å². The summed E-state index contributed by atoms with van der Waals surface area (Å²) in [5.41, 5.74) is 15.6. The molecule has 0 amide bonds. The van der Waals surface area contributed by atoms with Crippen molar-refractivity contribution in [3.05, 3.63) is 28.7 Å². The second-order valence-electron chi connectivity index (χ2n) is 2.18. The van der Waals surface area contributed by atoms with Gasteiger partial charge in [0.15, 0.2) is 0 Å². The van der Waals surface area contributed by atoms with Crippen LogP contribution in [0.2, 0.25) is 0 Å². The molecule has 0 fully saturated rings. The minimum absolute atomic E-state index is 0.444. The molecule has 0 spiro atoms. The molecule has 3 nitrogen and oxygen atoms in total. The highest BCUT2D eigenvalue weighted by Gasteiger charge is 2.04. The lowest BCUT2D eigenvalue weighted by molar-refractivity contribution is 1.27. The molecule has 1 aromatic heterocycles. The largest absolute Gasteiger partial charge is 0.396 e. The average molecular weight is 226 g/mol. The van der Waals surface area contributed by atoms with Crippen LogP contribution in [0.3, 0.4) is 0 Å². The fourth-order valence-corrected chi connectivity index (χ4v) is 1.07. The predicted molar refractivity (Wildman–Crippen MR) is 54.4 cm³/mol. The molecular weight excluding hydrogens is 218 g/mol. The highest BCUT2D eigenvalue weighted by Crippen LogP contribution is 2.26. The summed E-state index contributed by atoms with van der Waals surface area (Å²) in [6, 6.07) is 0. The van der Waals surface area contributed by atoms with Gasteiger partial charge in [-0.1, -0.05) is 6.58 Å². The number of anilines is 2. The van der Waals surface area contributed by atoms with E-state index in [1.54, 1.807) is 12.3 Å². The number of nitrogen functional groups attached to an aromatic ring is 2. The first-order valence-corrected chi connectivity index (χ1v) is 4.01. The normalized spacial score (nSPS) is 9.08. The molecule has 0 aliphatic carbocycles. The minimum atomic E-state index is 0.444. The molecular formula is C8H8BrN3. The van der Waals surface area contributed by atoms with Gasteiger partial charge in [0.1, 0.15) is 4.60 Å². The summed E-state index contributed by atoms with van der Waals surface area (Å²) in [5.74, 6) is 0. The summed E-state index contributed by atoms with van der Waals surface area (Å²) in [6.45, 7) is 3.43. The van der Waals surface area contributed by atoms with E-state index in [4.69, 9.17) is 11.5 Å². The zero-order valence-electron chi connectivity index (χ0n) is 6.34. The average Bonchev–Trinajstić information content (AvgIpc) is 2.07. The van der Waals surface area contributed by atoms with E-state index in [1.165, 1.54) is 0 Å². The van der Waals surface area contributed by atoms with Crippen LogP contribution in [-0.4, -0.2) is 4.98 Å². The van der Waals surface area contributed by atoms with Crippen molar-refractivity contribution in [2.24, 2.45) is 0 Å². The van der Waals surface area contributed by atoms with Gasteiger partial charge in [-0.3, -0.25) is 0 Å². The number of rotatable bonds is 1. The predicted octanol–water partition coefficient (Wildman–Crippen LogP) is 1.81. The molecule has 0 saturated heterocycles. The molecule has 0 bridgehead atoms. The van der Waals surface area contributed by atoms with E-state index >= 15 is 0 Å². The van der Waals surface area contributed by atoms with Crippen molar-refractivity contribution >= 4 is 33.4 Å². The van der Waals surface area contributed by atoms with E-state index in [0.29, 0.717) is 16.0 Å². The SMILES string of the molecule is C=C=Cc1cnc(Br)c(N)c1N. The van der Waals surface area contributed by atoms with Gasteiger partial charge >= 0.3 is 0 Å². The van der Waals surface area contributed by atoms with Gasteiger partial charge in [-0.25, -0.2) is 4.98 Å². The molecule has 1 aromatic rings. The standard InChI is InChI=1S/C8H8BrN3/c1-2-3-5-4-12-8(9)7(11)6(5)10/h3-4H,1,11H2,(H2,10,12). The monoisotopic (exact) mass is 225 g/mol. The Morgan fingerprint density at radius 1 is 1.50 bits per heavy atom. The van der Waals surface area contributed by atoms with Crippen LogP contribution < -0.4 is 11.5 Å². The van der Waals surface area contributed by atoms with Gasteiger partial charge in [0.05, 0.1) is 11.4 Å². The Morgan fingerprint density at radius 3 is 2.75 bits per heavy atom. The molecule has 4 heteroatoms. The minimum Gasteiger partial charge on any atom is -0.396 e. The van der Waals surface area contributed by atoms with Crippen LogP contribution in [0.15, 0.2) is 23.1 Å². The van der Waals surface area contributed by atoms with Gasteiger partial charge < -0.3 is 11.5 Å². The lowest BCUT2D eigenvalue weighted by atomic mass is 10.2.